The van der Waals surface area contributed by atoms with Gasteiger partial charge in [-0.1, -0.05) is 31.1 Å². The maximum atomic E-state index is 12.3. The molecule has 0 spiro atoms. The van der Waals surface area contributed by atoms with Crippen molar-refractivity contribution in [3.05, 3.63) is 5.01 Å². The smallest absolute Gasteiger partial charge is 0.339 e. The Balaban J connectivity index is 1.77. The molecule has 11 heteroatoms. The molecule has 26 heavy (non-hydrogen) atoms. The molecule has 0 radical (unpaired) electrons. The summed E-state index contributed by atoms with van der Waals surface area (Å²) in [5.74, 6) is -0.960. The molecule has 1 N–H and O–H groups in total. The normalized spacial score (nSPS) is 15.2. The van der Waals surface area contributed by atoms with Gasteiger partial charge in [-0.05, 0) is 6.42 Å². The van der Waals surface area contributed by atoms with Gasteiger partial charge in [0.15, 0.2) is 0 Å². The van der Waals surface area contributed by atoms with Gasteiger partial charge in [-0.15, -0.1) is 10.2 Å². The molecule has 3 amide bonds. The quantitative estimate of drug-likeness (QED) is 0.754. The van der Waals surface area contributed by atoms with Gasteiger partial charge in [-0.25, -0.2) is 4.79 Å². The van der Waals surface area contributed by atoms with Crippen molar-refractivity contribution in [3.63, 3.8) is 0 Å². The number of aryl methyl sites for hydroxylation is 1. The van der Waals surface area contributed by atoms with Crippen molar-refractivity contribution in [3.8, 4) is 0 Å². The van der Waals surface area contributed by atoms with Crippen LogP contribution in [-0.2, 0) is 11.2 Å². The molecule has 1 saturated heterocycles. The highest BCUT2D eigenvalue weighted by molar-refractivity contribution is 7.15. The molecular formula is C15H22F3N5O2S. The summed E-state index contributed by atoms with van der Waals surface area (Å²) >= 11 is 1.32. The minimum atomic E-state index is -4.52. The Morgan fingerprint density at radius 3 is 2.38 bits per heavy atom. The first-order valence-electron chi connectivity index (χ1n) is 8.51. The van der Waals surface area contributed by atoms with E-state index in [0.29, 0.717) is 5.13 Å². The number of piperazine rings is 1. The molecule has 1 aromatic heterocycles. The zero-order valence-electron chi connectivity index (χ0n) is 14.5. The fourth-order valence-corrected chi connectivity index (χ4v) is 3.32. The summed E-state index contributed by atoms with van der Waals surface area (Å²) < 4.78 is 36.8. The Morgan fingerprint density at radius 1 is 1.12 bits per heavy atom. The molecule has 146 valence electrons. The molecule has 0 unspecified atom stereocenters. The number of halogens is 3. The summed E-state index contributed by atoms with van der Waals surface area (Å²) in [4.78, 5) is 26.4. The highest BCUT2D eigenvalue weighted by Crippen LogP contribution is 2.21. The zero-order valence-corrected chi connectivity index (χ0v) is 15.3. The topological polar surface area (TPSA) is 78.4 Å². The molecule has 0 saturated carbocycles. The second kappa shape index (κ2) is 9.15. The van der Waals surface area contributed by atoms with Crippen LogP contribution in [-0.4, -0.2) is 64.3 Å². The minimum absolute atomic E-state index is 0.0840. The maximum Gasteiger partial charge on any atom is 0.397 e. The second-order valence-electron chi connectivity index (χ2n) is 6.05. The lowest BCUT2D eigenvalue weighted by Gasteiger charge is -2.34. The second-order valence-corrected chi connectivity index (χ2v) is 7.11. The number of carbonyl (C=O) groups excluding carboxylic acids is 2. The predicted octanol–water partition coefficient (Wildman–Crippen LogP) is 2.90. The lowest BCUT2D eigenvalue weighted by molar-refractivity contribution is -0.162. The monoisotopic (exact) mass is 393 g/mol. The molecule has 1 fully saturated rings. The van der Waals surface area contributed by atoms with Crippen LogP contribution in [0.15, 0.2) is 0 Å². The van der Waals surface area contributed by atoms with Crippen molar-refractivity contribution in [1.82, 2.24) is 20.0 Å². The van der Waals surface area contributed by atoms with E-state index in [2.05, 4.69) is 22.4 Å². The summed E-state index contributed by atoms with van der Waals surface area (Å²) in [6, 6.07) is -0.385. The highest BCUT2D eigenvalue weighted by Gasteiger charge is 2.34. The number of nitrogens with one attached hydrogen (secondary N) is 1. The van der Waals surface area contributed by atoms with E-state index < -0.39 is 18.5 Å². The van der Waals surface area contributed by atoms with E-state index >= 15 is 0 Å². The van der Waals surface area contributed by atoms with Crippen LogP contribution in [0.5, 0.6) is 0 Å². The molecule has 0 aliphatic carbocycles. The third-order valence-electron chi connectivity index (χ3n) is 3.95. The fourth-order valence-electron chi connectivity index (χ4n) is 2.54. The number of hydrogen-bond donors (Lipinski definition) is 1. The number of aromatic nitrogens is 2. The van der Waals surface area contributed by atoms with Crippen molar-refractivity contribution in [2.45, 2.75) is 45.2 Å². The molecule has 1 aliphatic heterocycles. The number of anilines is 1. The number of nitrogens with zero attached hydrogens (tertiary/aromatic N) is 4. The van der Waals surface area contributed by atoms with Crippen LogP contribution in [0, 0.1) is 0 Å². The van der Waals surface area contributed by atoms with Crippen molar-refractivity contribution in [1.29, 1.82) is 0 Å². The van der Waals surface area contributed by atoms with Gasteiger partial charge in [0, 0.05) is 32.6 Å². The van der Waals surface area contributed by atoms with Crippen LogP contribution in [0.2, 0.25) is 0 Å². The number of hydrogen-bond acceptors (Lipinski definition) is 5. The van der Waals surface area contributed by atoms with Crippen LogP contribution in [0.1, 0.15) is 37.6 Å². The zero-order chi connectivity index (χ0) is 19.2. The van der Waals surface area contributed by atoms with Crippen LogP contribution in [0.25, 0.3) is 0 Å². The largest absolute Gasteiger partial charge is 0.397 e. The number of urea groups is 1. The van der Waals surface area contributed by atoms with Crippen molar-refractivity contribution >= 4 is 28.4 Å². The number of carbonyl (C=O) groups is 2. The summed E-state index contributed by atoms with van der Waals surface area (Å²) in [5.41, 5.74) is 0. The molecule has 1 aromatic rings. The highest BCUT2D eigenvalue weighted by atomic mass is 32.1. The third-order valence-corrected chi connectivity index (χ3v) is 4.84. The van der Waals surface area contributed by atoms with Gasteiger partial charge in [-0.3, -0.25) is 10.1 Å². The number of rotatable bonds is 6. The van der Waals surface area contributed by atoms with E-state index in [1.807, 2.05) is 0 Å². The lowest BCUT2D eigenvalue weighted by Crippen LogP contribution is -2.52. The molecule has 0 bridgehead atoms. The summed E-state index contributed by atoms with van der Waals surface area (Å²) in [6.45, 7) is 2.64. The molecule has 2 heterocycles. The van der Waals surface area contributed by atoms with E-state index in [1.165, 1.54) is 16.2 Å². The average molecular weight is 393 g/mol. The summed E-state index contributed by atoms with van der Waals surface area (Å²) in [6.07, 6.45) is -1.92. The number of amides is 3. The van der Waals surface area contributed by atoms with Crippen LogP contribution in [0.4, 0.5) is 23.1 Å². The Morgan fingerprint density at radius 2 is 1.77 bits per heavy atom. The Kier molecular flexibility index (Phi) is 7.18. The Hall–Kier alpha value is -1.91. The van der Waals surface area contributed by atoms with E-state index in [1.54, 1.807) is 0 Å². The van der Waals surface area contributed by atoms with Gasteiger partial charge in [0.25, 0.3) is 0 Å². The summed E-state index contributed by atoms with van der Waals surface area (Å²) in [5, 5.41) is 11.9. The predicted molar refractivity (Wildman–Crippen MR) is 91.0 cm³/mol. The molecule has 0 aromatic carbocycles. The summed E-state index contributed by atoms with van der Waals surface area (Å²) in [7, 11) is 0. The molecule has 0 atom stereocenters. The van der Waals surface area contributed by atoms with E-state index in [4.69, 9.17) is 0 Å². The van der Waals surface area contributed by atoms with Crippen molar-refractivity contribution in [2.24, 2.45) is 0 Å². The van der Waals surface area contributed by atoms with E-state index in [9.17, 15) is 22.8 Å². The van der Waals surface area contributed by atoms with Crippen molar-refractivity contribution < 1.29 is 22.8 Å². The minimum Gasteiger partial charge on any atom is -0.339 e. The third kappa shape index (κ3) is 6.43. The first-order chi connectivity index (χ1) is 12.3. The van der Waals surface area contributed by atoms with Gasteiger partial charge in [-0.2, -0.15) is 13.2 Å². The van der Waals surface area contributed by atoms with Crippen molar-refractivity contribution in [2.75, 3.05) is 31.5 Å². The van der Waals surface area contributed by atoms with Gasteiger partial charge >= 0.3 is 12.2 Å². The van der Waals surface area contributed by atoms with Crippen LogP contribution >= 0.6 is 11.3 Å². The average Bonchev–Trinajstić information content (AvgIpc) is 3.01. The Labute approximate surface area is 153 Å². The van der Waals surface area contributed by atoms with Crippen LogP contribution in [0.3, 0.4) is 0 Å². The van der Waals surface area contributed by atoms with Gasteiger partial charge in [0.05, 0.1) is 0 Å². The SMILES string of the molecule is CCCCCc1nnc(NC(=O)N2CCN(C(=O)CC(F)(F)F)CC2)s1. The fraction of sp³-hybridized carbons (Fsp3) is 0.733. The number of alkyl halides is 3. The van der Waals surface area contributed by atoms with Gasteiger partial charge < -0.3 is 9.80 Å². The lowest BCUT2D eigenvalue weighted by atomic mass is 10.2. The van der Waals surface area contributed by atoms with E-state index in [-0.39, 0.29) is 32.2 Å². The molecule has 1 aliphatic rings. The van der Waals surface area contributed by atoms with Gasteiger partial charge in [0.2, 0.25) is 11.0 Å². The molecular weight excluding hydrogens is 371 g/mol. The standard InChI is InChI=1S/C15H22F3N5O2S/c1-2-3-4-5-11-20-21-13(26-11)19-14(25)23-8-6-22(7-9-23)12(24)10-15(16,17)18/h2-10H2,1H3,(H,19,21,25). The number of unbranched alkanes of at least 4 members (excludes halogenated alkanes) is 2. The Bertz CT molecular complexity index is 615. The van der Waals surface area contributed by atoms with Gasteiger partial charge in [0.1, 0.15) is 11.4 Å². The first kappa shape index (κ1) is 20.4. The first-order valence-corrected chi connectivity index (χ1v) is 9.33. The van der Waals surface area contributed by atoms with E-state index in [0.717, 1.165) is 35.6 Å². The van der Waals surface area contributed by atoms with Crippen LogP contribution < -0.4 is 5.32 Å². The molecule has 7 nitrogen and oxygen atoms in total. The maximum absolute atomic E-state index is 12.3. The molecule has 2 rings (SSSR count).